The third-order valence-corrected chi connectivity index (χ3v) is 4.44. The fourth-order valence-corrected chi connectivity index (χ4v) is 2.71. The van der Waals surface area contributed by atoms with Crippen LogP contribution in [0.25, 0.3) is 0 Å². The minimum atomic E-state index is -0.945. The maximum atomic E-state index is 12.0. The normalized spacial score (nSPS) is 21.2. The Hall–Kier alpha value is -1.88. The third-order valence-electron chi connectivity index (χ3n) is 4.44. The van der Waals surface area contributed by atoms with E-state index in [2.05, 4.69) is 12.2 Å². The van der Waals surface area contributed by atoms with E-state index in [4.69, 9.17) is 4.74 Å². The van der Waals surface area contributed by atoms with Crippen LogP contribution >= 0.6 is 0 Å². The number of ether oxygens (including phenoxy) is 1. The molecule has 1 fully saturated rings. The van der Waals surface area contributed by atoms with Gasteiger partial charge in [-0.25, -0.2) is 0 Å². The average Bonchev–Trinajstić information content (AvgIpc) is 2.91. The first kappa shape index (κ1) is 17.5. The van der Waals surface area contributed by atoms with Gasteiger partial charge in [0.05, 0.1) is 17.6 Å². The predicted octanol–water partition coefficient (Wildman–Crippen LogP) is 3.34. The largest absolute Gasteiger partial charge is 0.481 e. The molecule has 0 radical (unpaired) electrons. The first-order valence-corrected chi connectivity index (χ1v) is 8.08. The summed E-state index contributed by atoms with van der Waals surface area (Å²) >= 11 is 0. The molecule has 5 heteroatoms. The van der Waals surface area contributed by atoms with Gasteiger partial charge in [-0.2, -0.15) is 0 Å². The lowest BCUT2D eigenvalue weighted by Gasteiger charge is -2.20. The Morgan fingerprint density at radius 3 is 2.43 bits per heavy atom. The minimum Gasteiger partial charge on any atom is -0.481 e. The molecule has 1 heterocycles. The van der Waals surface area contributed by atoms with Crippen LogP contribution in [0.1, 0.15) is 52.0 Å². The van der Waals surface area contributed by atoms with Gasteiger partial charge in [-0.3, -0.25) is 9.59 Å². The van der Waals surface area contributed by atoms with Crippen molar-refractivity contribution < 1.29 is 19.4 Å². The Morgan fingerprint density at radius 2 is 1.91 bits per heavy atom. The van der Waals surface area contributed by atoms with Crippen molar-refractivity contribution in [2.45, 2.75) is 64.1 Å². The van der Waals surface area contributed by atoms with E-state index < -0.39 is 11.4 Å². The highest BCUT2D eigenvalue weighted by atomic mass is 16.5. The molecular formula is C18H25NO4. The van der Waals surface area contributed by atoms with Gasteiger partial charge in [0, 0.05) is 12.1 Å². The summed E-state index contributed by atoms with van der Waals surface area (Å²) in [6.45, 7) is 5.37. The fraction of sp³-hybridized carbons (Fsp3) is 0.556. The van der Waals surface area contributed by atoms with E-state index in [0.717, 1.165) is 19.3 Å². The molecule has 2 atom stereocenters. The summed E-state index contributed by atoms with van der Waals surface area (Å²) in [4.78, 5) is 23.2. The molecule has 2 unspecified atom stereocenters. The van der Waals surface area contributed by atoms with Crippen LogP contribution in [-0.2, 0) is 19.7 Å². The van der Waals surface area contributed by atoms with Crippen molar-refractivity contribution in [3.05, 3.63) is 29.8 Å². The zero-order valence-corrected chi connectivity index (χ0v) is 14.0. The lowest BCUT2D eigenvalue weighted by atomic mass is 9.85. The Labute approximate surface area is 137 Å². The number of benzene rings is 1. The molecule has 0 aliphatic carbocycles. The number of carbonyl (C=O) groups is 2. The minimum absolute atomic E-state index is 0.0432. The molecular weight excluding hydrogens is 294 g/mol. The van der Waals surface area contributed by atoms with Crippen LogP contribution < -0.4 is 5.32 Å². The van der Waals surface area contributed by atoms with E-state index in [1.807, 2.05) is 0 Å². The number of amides is 1. The molecule has 0 aromatic heterocycles. The van der Waals surface area contributed by atoms with Crippen LogP contribution in [0.2, 0.25) is 0 Å². The van der Waals surface area contributed by atoms with Gasteiger partial charge in [-0.1, -0.05) is 12.1 Å². The third kappa shape index (κ3) is 4.55. The topological polar surface area (TPSA) is 75.6 Å². The fourth-order valence-electron chi connectivity index (χ4n) is 2.71. The van der Waals surface area contributed by atoms with E-state index in [0.29, 0.717) is 23.8 Å². The molecule has 0 saturated carbocycles. The molecule has 126 valence electrons. The summed E-state index contributed by atoms with van der Waals surface area (Å²) in [7, 11) is 0. The Bertz CT molecular complexity index is 565. The maximum absolute atomic E-state index is 12.0. The molecule has 2 N–H and O–H groups in total. The van der Waals surface area contributed by atoms with Crippen LogP contribution in [0.15, 0.2) is 24.3 Å². The van der Waals surface area contributed by atoms with Crippen LogP contribution in [0.3, 0.4) is 0 Å². The van der Waals surface area contributed by atoms with Crippen molar-refractivity contribution >= 4 is 17.6 Å². The van der Waals surface area contributed by atoms with Crippen molar-refractivity contribution in [3.63, 3.8) is 0 Å². The Morgan fingerprint density at radius 1 is 1.26 bits per heavy atom. The van der Waals surface area contributed by atoms with Gasteiger partial charge in [-0.05, 0) is 57.7 Å². The molecule has 2 rings (SSSR count). The molecule has 0 bridgehead atoms. The molecule has 1 aromatic carbocycles. The predicted molar refractivity (Wildman–Crippen MR) is 88.5 cm³/mol. The van der Waals surface area contributed by atoms with Gasteiger partial charge in [0.15, 0.2) is 0 Å². The highest BCUT2D eigenvalue weighted by Gasteiger charge is 2.29. The molecule has 0 spiro atoms. The number of aliphatic carboxylic acids is 1. The standard InChI is InChI=1S/C18H25NO4/c1-12-4-9-15(23-12)10-11-16(20)19-14-7-5-13(6-8-14)18(2,3)17(21)22/h5-8,12,15H,4,9-11H2,1-3H3,(H,19,20)(H,21,22). The highest BCUT2D eigenvalue weighted by Crippen LogP contribution is 2.25. The summed E-state index contributed by atoms with van der Waals surface area (Å²) in [6.07, 6.45) is 3.74. The number of carboxylic acid groups (broad SMARTS) is 1. The number of carbonyl (C=O) groups excluding carboxylic acids is 1. The summed E-state index contributed by atoms with van der Waals surface area (Å²) in [5.74, 6) is -0.918. The van der Waals surface area contributed by atoms with Gasteiger partial charge in [-0.15, -0.1) is 0 Å². The summed E-state index contributed by atoms with van der Waals surface area (Å²) in [5, 5.41) is 12.1. The Balaban J connectivity index is 1.85. The smallest absolute Gasteiger partial charge is 0.313 e. The van der Waals surface area contributed by atoms with Gasteiger partial charge in [0.2, 0.25) is 5.91 Å². The van der Waals surface area contributed by atoms with Gasteiger partial charge in [0.1, 0.15) is 0 Å². The van der Waals surface area contributed by atoms with Gasteiger partial charge >= 0.3 is 5.97 Å². The van der Waals surface area contributed by atoms with E-state index in [-0.39, 0.29) is 12.0 Å². The number of hydrogen-bond acceptors (Lipinski definition) is 3. The van der Waals surface area contributed by atoms with Crippen molar-refractivity contribution in [1.29, 1.82) is 0 Å². The van der Waals surface area contributed by atoms with Crippen molar-refractivity contribution in [2.75, 3.05) is 5.32 Å². The summed E-state index contributed by atoms with van der Waals surface area (Å²) < 4.78 is 5.70. The molecule has 5 nitrogen and oxygen atoms in total. The summed E-state index contributed by atoms with van der Waals surface area (Å²) in [5.41, 5.74) is 0.441. The second kappa shape index (κ2) is 7.13. The second-order valence-corrected chi connectivity index (χ2v) is 6.74. The number of nitrogens with one attached hydrogen (secondary N) is 1. The summed E-state index contributed by atoms with van der Waals surface area (Å²) in [6, 6.07) is 6.97. The number of hydrogen-bond donors (Lipinski definition) is 2. The van der Waals surface area contributed by atoms with E-state index in [1.165, 1.54) is 0 Å². The zero-order valence-electron chi connectivity index (χ0n) is 14.0. The van der Waals surface area contributed by atoms with Crippen LogP contribution in [0.5, 0.6) is 0 Å². The van der Waals surface area contributed by atoms with Crippen molar-refractivity contribution in [1.82, 2.24) is 0 Å². The molecule has 1 amide bonds. The first-order valence-electron chi connectivity index (χ1n) is 8.08. The quantitative estimate of drug-likeness (QED) is 0.843. The van der Waals surface area contributed by atoms with E-state index in [1.54, 1.807) is 38.1 Å². The number of carboxylic acids is 1. The van der Waals surface area contributed by atoms with Crippen molar-refractivity contribution in [2.24, 2.45) is 0 Å². The average molecular weight is 319 g/mol. The highest BCUT2D eigenvalue weighted by molar-refractivity contribution is 5.90. The molecule has 1 aliphatic rings. The van der Waals surface area contributed by atoms with Crippen molar-refractivity contribution in [3.8, 4) is 0 Å². The first-order chi connectivity index (χ1) is 10.8. The maximum Gasteiger partial charge on any atom is 0.313 e. The Kier molecular flexibility index (Phi) is 5.42. The SMILES string of the molecule is CC1CCC(CCC(=O)Nc2ccc(C(C)(C)C(=O)O)cc2)O1. The molecule has 1 aliphatic heterocycles. The second-order valence-electron chi connectivity index (χ2n) is 6.74. The van der Waals surface area contributed by atoms with Gasteiger partial charge in [0.25, 0.3) is 0 Å². The molecule has 1 saturated heterocycles. The monoisotopic (exact) mass is 319 g/mol. The van der Waals surface area contributed by atoms with E-state index >= 15 is 0 Å². The molecule has 23 heavy (non-hydrogen) atoms. The van der Waals surface area contributed by atoms with Gasteiger partial charge < -0.3 is 15.2 Å². The van der Waals surface area contributed by atoms with E-state index in [9.17, 15) is 14.7 Å². The lowest BCUT2D eigenvalue weighted by molar-refractivity contribution is -0.142. The number of rotatable bonds is 6. The van der Waals surface area contributed by atoms with Crippen LogP contribution in [0.4, 0.5) is 5.69 Å². The zero-order chi connectivity index (χ0) is 17.0. The lowest BCUT2D eigenvalue weighted by Crippen LogP contribution is -2.28. The molecule has 1 aromatic rings. The van der Waals surface area contributed by atoms with Crippen LogP contribution in [-0.4, -0.2) is 29.2 Å². The number of anilines is 1. The van der Waals surface area contributed by atoms with Crippen LogP contribution in [0, 0.1) is 0 Å².